The topological polar surface area (TPSA) is 49.8 Å². The van der Waals surface area contributed by atoms with Crippen molar-refractivity contribution < 1.29 is 0 Å². The third-order valence-electron chi connectivity index (χ3n) is 1.88. The van der Waals surface area contributed by atoms with E-state index in [4.69, 9.17) is 11.0 Å². The van der Waals surface area contributed by atoms with Crippen LogP contribution in [-0.2, 0) is 0 Å². The molecule has 2 nitrogen and oxygen atoms in total. The van der Waals surface area contributed by atoms with Crippen LogP contribution < -0.4 is 5.73 Å². The molecule has 0 aliphatic carbocycles. The molecule has 3 heteroatoms. The number of aryl methyl sites for hydroxylation is 1. The lowest BCUT2D eigenvalue weighted by molar-refractivity contribution is 0.803. The normalized spacial score (nSPS) is 12.1. The molecule has 0 bridgehead atoms. The number of nitrogens with two attached hydrogens (primary N) is 1. The van der Waals surface area contributed by atoms with Gasteiger partial charge in [0.1, 0.15) is 0 Å². The van der Waals surface area contributed by atoms with Crippen molar-refractivity contribution in [3.05, 3.63) is 29.8 Å². The van der Waals surface area contributed by atoms with Crippen molar-refractivity contribution in [1.82, 2.24) is 0 Å². The van der Waals surface area contributed by atoms with E-state index in [1.165, 1.54) is 10.5 Å². The lowest BCUT2D eigenvalue weighted by atomic mass is 10.2. The molecule has 0 amide bonds. The molecule has 1 unspecified atom stereocenters. The van der Waals surface area contributed by atoms with Crippen LogP contribution in [0.3, 0.4) is 0 Å². The summed E-state index contributed by atoms with van der Waals surface area (Å²) >= 11 is 1.74. The minimum atomic E-state index is -0.326. The lowest BCUT2D eigenvalue weighted by Gasteiger charge is -2.03. The molecule has 0 saturated heterocycles. The predicted octanol–water partition coefficient (Wildman–Crippen LogP) is 2.33. The van der Waals surface area contributed by atoms with Crippen LogP contribution >= 0.6 is 11.8 Å². The molecule has 1 aromatic rings. The van der Waals surface area contributed by atoms with E-state index in [1.54, 1.807) is 11.8 Å². The van der Waals surface area contributed by atoms with E-state index < -0.39 is 0 Å². The standard InChI is InChI=1S/C11H14N2S/c1-9-2-4-11(5-3-9)14-7-6-10(13)8-12/h2-5,10H,6-7,13H2,1H3. The first kappa shape index (κ1) is 11.1. The first-order valence-electron chi connectivity index (χ1n) is 4.57. The number of nitrogens with zero attached hydrogens (tertiary/aromatic N) is 1. The summed E-state index contributed by atoms with van der Waals surface area (Å²) in [6, 6.07) is 10.1. The van der Waals surface area contributed by atoms with Gasteiger partial charge in [-0.25, -0.2) is 0 Å². The Hall–Kier alpha value is -0.980. The van der Waals surface area contributed by atoms with Crippen molar-refractivity contribution in [3.8, 4) is 6.07 Å². The van der Waals surface area contributed by atoms with Crippen molar-refractivity contribution in [3.63, 3.8) is 0 Å². The van der Waals surface area contributed by atoms with Crippen LogP contribution in [0.25, 0.3) is 0 Å². The van der Waals surface area contributed by atoms with Gasteiger partial charge in [-0.05, 0) is 25.5 Å². The van der Waals surface area contributed by atoms with Crippen molar-refractivity contribution in [2.75, 3.05) is 5.75 Å². The monoisotopic (exact) mass is 206 g/mol. The van der Waals surface area contributed by atoms with Crippen LogP contribution in [0.5, 0.6) is 0 Å². The molecule has 1 aromatic carbocycles. The molecule has 1 rings (SSSR count). The Morgan fingerprint density at radius 1 is 1.43 bits per heavy atom. The summed E-state index contributed by atoms with van der Waals surface area (Å²) < 4.78 is 0. The average molecular weight is 206 g/mol. The second-order valence-electron chi connectivity index (χ2n) is 3.19. The Bertz CT molecular complexity index is 313. The molecule has 0 radical (unpaired) electrons. The molecular formula is C11H14N2S. The number of thioether (sulfide) groups is 1. The summed E-state index contributed by atoms with van der Waals surface area (Å²) in [6.45, 7) is 2.07. The summed E-state index contributed by atoms with van der Waals surface area (Å²) in [5.41, 5.74) is 6.75. The van der Waals surface area contributed by atoms with Crippen LogP contribution in [0.4, 0.5) is 0 Å². The van der Waals surface area contributed by atoms with E-state index in [9.17, 15) is 0 Å². The van der Waals surface area contributed by atoms with Gasteiger partial charge in [0, 0.05) is 10.6 Å². The predicted molar refractivity (Wildman–Crippen MR) is 60.1 cm³/mol. The quantitative estimate of drug-likeness (QED) is 0.769. The SMILES string of the molecule is Cc1ccc(SCCC(N)C#N)cc1. The Labute approximate surface area is 89.1 Å². The van der Waals surface area contributed by atoms with Gasteiger partial charge in [0.2, 0.25) is 0 Å². The fraction of sp³-hybridized carbons (Fsp3) is 0.364. The van der Waals surface area contributed by atoms with Crippen molar-refractivity contribution in [2.45, 2.75) is 24.3 Å². The molecule has 0 aliphatic rings. The minimum absolute atomic E-state index is 0.326. The van der Waals surface area contributed by atoms with Gasteiger partial charge < -0.3 is 5.73 Å². The number of nitriles is 1. The van der Waals surface area contributed by atoms with Gasteiger partial charge in [-0.2, -0.15) is 5.26 Å². The maximum atomic E-state index is 8.48. The van der Waals surface area contributed by atoms with E-state index in [0.29, 0.717) is 0 Å². The number of hydrogen-bond acceptors (Lipinski definition) is 3. The van der Waals surface area contributed by atoms with Crippen LogP contribution in [0, 0.1) is 18.3 Å². The first-order valence-corrected chi connectivity index (χ1v) is 5.55. The van der Waals surface area contributed by atoms with Gasteiger partial charge in [0.05, 0.1) is 12.1 Å². The zero-order valence-corrected chi connectivity index (χ0v) is 9.05. The number of rotatable bonds is 4. The van der Waals surface area contributed by atoms with Gasteiger partial charge in [0.25, 0.3) is 0 Å². The van der Waals surface area contributed by atoms with Crippen LogP contribution in [0.1, 0.15) is 12.0 Å². The highest BCUT2D eigenvalue weighted by atomic mass is 32.2. The third kappa shape index (κ3) is 3.82. The highest BCUT2D eigenvalue weighted by molar-refractivity contribution is 7.99. The highest BCUT2D eigenvalue weighted by Gasteiger charge is 1.99. The number of benzene rings is 1. The summed E-state index contributed by atoms with van der Waals surface area (Å²) in [7, 11) is 0. The van der Waals surface area contributed by atoms with E-state index >= 15 is 0 Å². The van der Waals surface area contributed by atoms with E-state index in [2.05, 4.69) is 31.2 Å². The number of hydrogen-bond donors (Lipinski definition) is 1. The summed E-state index contributed by atoms with van der Waals surface area (Å²) in [5, 5.41) is 8.48. The molecule has 0 heterocycles. The van der Waals surface area contributed by atoms with Crippen molar-refractivity contribution in [1.29, 1.82) is 5.26 Å². The molecule has 74 valence electrons. The van der Waals surface area contributed by atoms with Gasteiger partial charge >= 0.3 is 0 Å². The zero-order chi connectivity index (χ0) is 10.4. The van der Waals surface area contributed by atoms with Crippen molar-refractivity contribution >= 4 is 11.8 Å². The molecule has 0 aliphatic heterocycles. The van der Waals surface area contributed by atoms with Gasteiger partial charge in [-0.15, -0.1) is 11.8 Å². The molecule has 0 aromatic heterocycles. The van der Waals surface area contributed by atoms with Gasteiger partial charge in [-0.3, -0.25) is 0 Å². The molecule has 1 atom stereocenters. The maximum Gasteiger partial charge on any atom is 0.0936 e. The summed E-state index contributed by atoms with van der Waals surface area (Å²) in [6.07, 6.45) is 0.745. The van der Waals surface area contributed by atoms with Crippen molar-refractivity contribution in [2.24, 2.45) is 5.73 Å². The molecule has 0 spiro atoms. The first-order chi connectivity index (χ1) is 6.72. The molecule has 0 fully saturated rings. The van der Waals surface area contributed by atoms with E-state index in [0.717, 1.165) is 12.2 Å². The molecule has 14 heavy (non-hydrogen) atoms. The summed E-state index contributed by atoms with van der Waals surface area (Å²) in [5.74, 6) is 0.901. The lowest BCUT2D eigenvalue weighted by Crippen LogP contribution is -2.17. The van der Waals surface area contributed by atoms with E-state index in [1.807, 2.05) is 6.07 Å². The second-order valence-corrected chi connectivity index (χ2v) is 4.35. The van der Waals surface area contributed by atoms with Crippen LogP contribution in [0.2, 0.25) is 0 Å². The maximum absolute atomic E-state index is 8.48. The molecular weight excluding hydrogens is 192 g/mol. The Morgan fingerprint density at radius 2 is 2.07 bits per heavy atom. The fourth-order valence-corrected chi connectivity index (χ4v) is 1.94. The zero-order valence-electron chi connectivity index (χ0n) is 8.23. The smallest absolute Gasteiger partial charge is 0.0936 e. The largest absolute Gasteiger partial charge is 0.316 e. The third-order valence-corrected chi connectivity index (χ3v) is 2.93. The van der Waals surface area contributed by atoms with Gasteiger partial charge in [-0.1, -0.05) is 17.7 Å². The van der Waals surface area contributed by atoms with E-state index in [-0.39, 0.29) is 6.04 Å². The fourth-order valence-electron chi connectivity index (χ4n) is 1.00. The Kier molecular flexibility index (Phi) is 4.51. The second kappa shape index (κ2) is 5.69. The Morgan fingerprint density at radius 3 is 2.64 bits per heavy atom. The minimum Gasteiger partial charge on any atom is -0.316 e. The highest BCUT2D eigenvalue weighted by Crippen LogP contribution is 2.19. The molecule has 2 N–H and O–H groups in total. The average Bonchev–Trinajstić information content (AvgIpc) is 2.21. The summed E-state index contributed by atoms with van der Waals surface area (Å²) in [4.78, 5) is 1.24. The van der Waals surface area contributed by atoms with Crippen LogP contribution in [-0.4, -0.2) is 11.8 Å². The molecule has 0 saturated carbocycles. The van der Waals surface area contributed by atoms with Crippen LogP contribution in [0.15, 0.2) is 29.2 Å². The Balaban J connectivity index is 2.32. The van der Waals surface area contributed by atoms with Gasteiger partial charge in [0.15, 0.2) is 0 Å².